The van der Waals surface area contributed by atoms with Crippen LogP contribution in [-0.2, 0) is 21.2 Å². The van der Waals surface area contributed by atoms with Crippen molar-refractivity contribution >= 4 is 44.1 Å². The third-order valence-electron chi connectivity index (χ3n) is 4.69. The lowest BCUT2D eigenvalue weighted by Crippen LogP contribution is -2.29. The second kappa shape index (κ2) is 7.23. The van der Waals surface area contributed by atoms with Crippen LogP contribution in [0.3, 0.4) is 0 Å². The average Bonchev–Trinajstić information content (AvgIpc) is 3.23. The summed E-state index contributed by atoms with van der Waals surface area (Å²) in [6, 6.07) is 3.38. The van der Waals surface area contributed by atoms with Gasteiger partial charge in [0.15, 0.2) is 9.84 Å². The summed E-state index contributed by atoms with van der Waals surface area (Å²) in [5.74, 6) is -1.11. The molecule has 2 aromatic heterocycles. The van der Waals surface area contributed by atoms with E-state index in [-0.39, 0.29) is 34.8 Å². The van der Waals surface area contributed by atoms with Crippen molar-refractivity contribution in [2.75, 3.05) is 16.8 Å². The molecule has 3 heterocycles. The van der Waals surface area contributed by atoms with Gasteiger partial charge in [-0.2, -0.15) is 10.1 Å². The monoisotopic (exact) mass is 439 g/mol. The lowest BCUT2D eigenvalue weighted by atomic mass is 10.2. The molecule has 29 heavy (non-hydrogen) atoms. The van der Waals surface area contributed by atoms with E-state index in [0.717, 1.165) is 10.6 Å². The first-order valence-corrected chi connectivity index (χ1v) is 10.8. The molecule has 1 aliphatic heterocycles. The number of halogens is 2. The number of hydrogen-bond acceptors (Lipinski definition) is 6. The van der Waals surface area contributed by atoms with Crippen molar-refractivity contribution in [2.45, 2.75) is 19.0 Å². The van der Waals surface area contributed by atoms with Crippen LogP contribution in [-0.4, -0.2) is 45.2 Å². The van der Waals surface area contributed by atoms with E-state index < -0.39 is 27.3 Å². The largest absolute Gasteiger partial charge is 0.348 e. The number of rotatable bonds is 4. The van der Waals surface area contributed by atoms with E-state index in [0.29, 0.717) is 17.5 Å². The van der Waals surface area contributed by atoms with Crippen LogP contribution in [0.1, 0.15) is 12.5 Å². The molecule has 0 unspecified atom stereocenters. The van der Waals surface area contributed by atoms with Gasteiger partial charge in [-0.25, -0.2) is 17.6 Å². The standard InChI is InChI=1S/C17H15ClFN5O4S/c18-12-5-10(1-2-13(12)19)22-16(25)8-23-14-7-21-24(15(14)6-20-17(23)26)11-3-4-29(27,28)9-11/h1-2,5-7,11H,3-4,8-9H2,(H,22,25)/t11-/m1/s1. The Hall–Kier alpha value is -2.79. The summed E-state index contributed by atoms with van der Waals surface area (Å²) in [6.07, 6.45) is 3.15. The number of nitrogens with zero attached hydrogens (tertiary/aromatic N) is 4. The second-order valence-electron chi connectivity index (χ2n) is 6.72. The molecular weight excluding hydrogens is 425 g/mol. The SMILES string of the molecule is O=C(Cn1c(=O)ncc2c1cnn2[C@@H]1CCS(=O)(=O)C1)Nc1ccc(F)c(Cl)c1. The summed E-state index contributed by atoms with van der Waals surface area (Å²) in [5.41, 5.74) is 0.454. The van der Waals surface area contributed by atoms with Crippen molar-refractivity contribution in [3.05, 3.63) is 51.9 Å². The van der Waals surface area contributed by atoms with Crippen LogP contribution < -0.4 is 11.0 Å². The van der Waals surface area contributed by atoms with E-state index >= 15 is 0 Å². The van der Waals surface area contributed by atoms with Gasteiger partial charge in [0.1, 0.15) is 17.9 Å². The molecule has 3 aromatic rings. The zero-order valence-electron chi connectivity index (χ0n) is 14.9. The molecule has 1 aliphatic rings. The third-order valence-corrected chi connectivity index (χ3v) is 6.73. The van der Waals surface area contributed by atoms with Gasteiger partial charge in [-0.15, -0.1) is 0 Å². The maximum absolute atomic E-state index is 13.2. The summed E-state index contributed by atoms with van der Waals surface area (Å²) in [5, 5.41) is 6.62. The Morgan fingerprint density at radius 2 is 2.10 bits per heavy atom. The van der Waals surface area contributed by atoms with E-state index in [9.17, 15) is 22.4 Å². The Bertz CT molecular complexity index is 1290. The van der Waals surface area contributed by atoms with Crippen molar-refractivity contribution in [1.29, 1.82) is 0 Å². The van der Waals surface area contributed by atoms with Gasteiger partial charge in [-0.05, 0) is 24.6 Å². The maximum Gasteiger partial charge on any atom is 0.348 e. The van der Waals surface area contributed by atoms with Gasteiger partial charge in [0.2, 0.25) is 5.91 Å². The number of nitrogens with one attached hydrogen (secondary N) is 1. The first-order chi connectivity index (χ1) is 13.7. The molecule has 9 nitrogen and oxygen atoms in total. The predicted octanol–water partition coefficient (Wildman–Crippen LogP) is 1.38. The van der Waals surface area contributed by atoms with Crippen LogP contribution in [0.4, 0.5) is 10.1 Å². The summed E-state index contributed by atoms with van der Waals surface area (Å²) < 4.78 is 39.4. The molecule has 0 saturated carbocycles. The van der Waals surface area contributed by atoms with Crippen LogP contribution in [0.5, 0.6) is 0 Å². The fraction of sp³-hybridized carbons (Fsp3) is 0.294. The first-order valence-electron chi connectivity index (χ1n) is 8.62. The molecule has 4 rings (SSSR count). The van der Waals surface area contributed by atoms with E-state index in [1.54, 1.807) is 0 Å². The third kappa shape index (κ3) is 3.87. The minimum Gasteiger partial charge on any atom is -0.324 e. The van der Waals surface area contributed by atoms with Crippen molar-refractivity contribution in [2.24, 2.45) is 0 Å². The molecule has 0 spiro atoms. The molecule has 1 saturated heterocycles. The fourth-order valence-corrected chi connectivity index (χ4v) is 5.19. The predicted molar refractivity (Wildman–Crippen MR) is 104 cm³/mol. The second-order valence-corrected chi connectivity index (χ2v) is 9.36. The van der Waals surface area contributed by atoms with Gasteiger partial charge in [-0.3, -0.25) is 14.0 Å². The quantitative estimate of drug-likeness (QED) is 0.656. The minimum atomic E-state index is -3.12. The Kier molecular flexibility index (Phi) is 4.87. The lowest BCUT2D eigenvalue weighted by Gasteiger charge is -2.11. The van der Waals surface area contributed by atoms with Gasteiger partial charge in [0, 0.05) is 5.69 Å². The number of benzene rings is 1. The van der Waals surface area contributed by atoms with Crippen LogP contribution in [0, 0.1) is 5.82 Å². The number of carbonyl (C=O) groups excluding carboxylic acids is 1. The number of fused-ring (bicyclic) bond motifs is 1. The van der Waals surface area contributed by atoms with Gasteiger partial charge >= 0.3 is 5.69 Å². The highest BCUT2D eigenvalue weighted by Crippen LogP contribution is 2.26. The van der Waals surface area contributed by atoms with Crippen LogP contribution >= 0.6 is 11.6 Å². The highest BCUT2D eigenvalue weighted by atomic mass is 35.5. The van der Waals surface area contributed by atoms with Gasteiger partial charge in [0.05, 0.1) is 40.5 Å². The fourth-order valence-electron chi connectivity index (χ4n) is 3.31. The zero-order chi connectivity index (χ0) is 20.8. The Labute approximate surface area is 169 Å². The van der Waals surface area contributed by atoms with E-state index in [2.05, 4.69) is 15.4 Å². The van der Waals surface area contributed by atoms with Crippen molar-refractivity contribution < 1.29 is 17.6 Å². The maximum atomic E-state index is 13.2. The van der Waals surface area contributed by atoms with Gasteiger partial charge in [-0.1, -0.05) is 11.6 Å². The first kappa shape index (κ1) is 19.5. The normalized spacial score (nSPS) is 18.2. The zero-order valence-corrected chi connectivity index (χ0v) is 16.5. The van der Waals surface area contributed by atoms with E-state index in [1.807, 2.05) is 0 Å². The molecule has 12 heteroatoms. The number of anilines is 1. The van der Waals surface area contributed by atoms with E-state index in [4.69, 9.17) is 11.6 Å². The summed E-state index contributed by atoms with van der Waals surface area (Å²) in [7, 11) is -3.12. The molecule has 0 bridgehead atoms. The average molecular weight is 440 g/mol. The molecule has 0 radical (unpaired) electrons. The molecule has 1 aromatic carbocycles. The Morgan fingerprint density at radius 3 is 2.79 bits per heavy atom. The van der Waals surface area contributed by atoms with Crippen LogP contribution in [0.15, 0.2) is 35.4 Å². The Morgan fingerprint density at radius 1 is 1.31 bits per heavy atom. The Balaban J connectivity index is 1.62. The number of carbonyl (C=O) groups is 1. The molecular formula is C17H15ClFN5O4S. The van der Waals surface area contributed by atoms with Crippen molar-refractivity contribution in [3.63, 3.8) is 0 Å². The number of amides is 1. The molecule has 1 N–H and O–H groups in total. The topological polar surface area (TPSA) is 116 Å². The van der Waals surface area contributed by atoms with Crippen LogP contribution in [0.25, 0.3) is 11.0 Å². The smallest absolute Gasteiger partial charge is 0.324 e. The van der Waals surface area contributed by atoms with Crippen molar-refractivity contribution in [3.8, 4) is 0 Å². The summed E-state index contributed by atoms with van der Waals surface area (Å²) in [6.45, 7) is -0.354. The molecule has 1 atom stereocenters. The van der Waals surface area contributed by atoms with Gasteiger partial charge in [0.25, 0.3) is 0 Å². The highest BCUT2D eigenvalue weighted by Gasteiger charge is 2.31. The molecule has 1 fully saturated rings. The molecule has 0 aliphatic carbocycles. The number of hydrogen-bond donors (Lipinski definition) is 1. The summed E-state index contributed by atoms with van der Waals surface area (Å²) >= 11 is 5.70. The van der Waals surface area contributed by atoms with E-state index in [1.165, 1.54) is 29.2 Å². The molecule has 1 amide bonds. The minimum absolute atomic E-state index is 0.0330. The lowest BCUT2D eigenvalue weighted by molar-refractivity contribution is -0.116. The summed E-state index contributed by atoms with van der Waals surface area (Å²) in [4.78, 5) is 28.4. The number of aromatic nitrogens is 4. The highest BCUT2D eigenvalue weighted by molar-refractivity contribution is 7.91. The van der Waals surface area contributed by atoms with Crippen LogP contribution in [0.2, 0.25) is 5.02 Å². The number of sulfone groups is 1. The molecule has 152 valence electrons. The van der Waals surface area contributed by atoms with Gasteiger partial charge < -0.3 is 5.32 Å². The van der Waals surface area contributed by atoms with Crippen molar-refractivity contribution in [1.82, 2.24) is 19.3 Å².